The molecule has 0 saturated carbocycles. The van der Waals surface area contributed by atoms with E-state index in [2.05, 4.69) is 10.1 Å². The predicted octanol–water partition coefficient (Wildman–Crippen LogP) is 2.73. The molecule has 0 spiro atoms. The largest absolute Gasteiger partial charge is 0.440 e. The number of para-hydroxylation sites is 1. The molecule has 1 aromatic carbocycles. The Morgan fingerprint density at radius 1 is 1.27 bits per heavy atom. The van der Waals surface area contributed by atoms with Gasteiger partial charge in [0.15, 0.2) is 17.3 Å². The van der Waals surface area contributed by atoms with Gasteiger partial charge in [0.05, 0.1) is 0 Å². The number of carbonyl (C=O) groups excluding carboxylic acids is 2. The van der Waals surface area contributed by atoms with Crippen LogP contribution in [-0.2, 0) is 9.63 Å². The Morgan fingerprint density at radius 3 is 2.86 bits per heavy atom. The number of hydrogen-bond acceptors (Lipinski definition) is 6. The Morgan fingerprint density at radius 2 is 2.09 bits per heavy atom. The molecule has 6 heteroatoms. The first-order valence-electron chi connectivity index (χ1n) is 6.61. The van der Waals surface area contributed by atoms with E-state index in [0.29, 0.717) is 28.3 Å². The molecule has 0 amide bonds. The SMILES string of the molecule is CC1=CC(=NOC(=O)c2cccc3nc(C)oc23)C=CC1=O. The smallest absolute Gasteiger partial charge is 0.369 e. The van der Waals surface area contributed by atoms with Gasteiger partial charge in [0, 0.05) is 6.92 Å². The fourth-order valence-corrected chi connectivity index (χ4v) is 2.05. The Kier molecular flexibility index (Phi) is 3.42. The molecule has 2 aromatic rings. The number of carbonyl (C=O) groups is 2. The molecule has 1 aliphatic rings. The van der Waals surface area contributed by atoms with Crippen LogP contribution in [0.15, 0.2) is 51.6 Å². The van der Waals surface area contributed by atoms with E-state index in [9.17, 15) is 9.59 Å². The highest BCUT2D eigenvalue weighted by atomic mass is 16.7. The minimum Gasteiger partial charge on any atom is -0.440 e. The molecule has 0 bridgehead atoms. The fraction of sp³-hybridized carbons (Fsp3) is 0.125. The Labute approximate surface area is 125 Å². The molecule has 0 unspecified atom stereocenters. The monoisotopic (exact) mass is 296 g/mol. The number of rotatable bonds is 2. The maximum Gasteiger partial charge on any atom is 0.369 e. The van der Waals surface area contributed by atoms with Crippen LogP contribution in [0, 0.1) is 6.92 Å². The molecule has 110 valence electrons. The minimum atomic E-state index is -0.648. The van der Waals surface area contributed by atoms with Crippen molar-refractivity contribution in [3.63, 3.8) is 0 Å². The van der Waals surface area contributed by atoms with Crippen LogP contribution in [0.4, 0.5) is 0 Å². The van der Waals surface area contributed by atoms with Crippen LogP contribution in [0.25, 0.3) is 11.1 Å². The van der Waals surface area contributed by atoms with Gasteiger partial charge in [-0.1, -0.05) is 11.2 Å². The van der Waals surface area contributed by atoms with Gasteiger partial charge in [0.25, 0.3) is 0 Å². The van der Waals surface area contributed by atoms with Gasteiger partial charge in [-0.2, -0.15) is 0 Å². The molecular formula is C16H12N2O4. The van der Waals surface area contributed by atoms with Gasteiger partial charge in [0.2, 0.25) is 0 Å². The van der Waals surface area contributed by atoms with Crippen molar-refractivity contribution >= 4 is 28.6 Å². The first-order valence-corrected chi connectivity index (χ1v) is 6.61. The van der Waals surface area contributed by atoms with Crippen molar-refractivity contribution in [3.8, 4) is 0 Å². The number of benzene rings is 1. The van der Waals surface area contributed by atoms with Crippen LogP contribution in [0.1, 0.15) is 23.2 Å². The zero-order valence-corrected chi connectivity index (χ0v) is 12.0. The van der Waals surface area contributed by atoms with Crippen molar-refractivity contribution in [2.45, 2.75) is 13.8 Å². The lowest BCUT2D eigenvalue weighted by Crippen LogP contribution is -2.07. The van der Waals surface area contributed by atoms with Gasteiger partial charge < -0.3 is 9.25 Å². The standard InChI is InChI=1S/C16H12N2O4/c1-9-8-11(6-7-14(9)19)18-22-16(20)12-4-3-5-13-15(12)21-10(2)17-13/h3-8H,1-2H3. The third-order valence-corrected chi connectivity index (χ3v) is 3.13. The summed E-state index contributed by atoms with van der Waals surface area (Å²) in [4.78, 5) is 32.5. The van der Waals surface area contributed by atoms with Gasteiger partial charge >= 0.3 is 5.97 Å². The second-order valence-electron chi connectivity index (χ2n) is 4.81. The van der Waals surface area contributed by atoms with E-state index in [1.807, 2.05) is 0 Å². The van der Waals surface area contributed by atoms with Crippen LogP contribution in [0.2, 0.25) is 0 Å². The van der Waals surface area contributed by atoms with Crippen molar-refractivity contribution in [2.24, 2.45) is 5.16 Å². The molecule has 0 aliphatic heterocycles. The Hall–Kier alpha value is -3.02. The molecule has 1 aliphatic carbocycles. The number of oxazole rings is 1. The molecule has 0 atom stereocenters. The van der Waals surface area contributed by atoms with Crippen LogP contribution >= 0.6 is 0 Å². The average molecular weight is 296 g/mol. The van der Waals surface area contributed by atoms with Crippen LogP contribution < -0.4 is 0 Å². The topological polar surface area (TPSA) is 81.8 Å². The maximum atomic E-state index is 12.1. The lowest BCUT2D eigenvalue weighted by Gasteiger charge is -2.03. The van der Waals surface area contributed by atoms with Gasteiger partial charge in [-0.3, -0.25) is 4.79 Å². The zero-order chi connectivity index (χ0) is 15.7. The molecule has 0 N–H and O–H groups in total. The number of aromatic nitrogens is 1. The third-order valence-electron chi connectivity index (χ3n) is 3.13. The quantitative estimate of drug-likeness (QED) is 0.483. The molecule has 22 heavy (non-hydrogen) atoms. The highest BCUT2D eigenvalue weighted by Gasteiger charge is 2.16. The Balaban J connectivity index is 1.85. The lowest BCUT2D eigenvalue weighted by atomic mass is 10.1. The number of oxime groups is 1. The summed E-state index contributed by atoms with van der Waals surface area (Å²) in [5.41, 5.74) is 2.13. The van der Waals surface area contributed by atoms with E-state index >= 15 is 0 Å². The van der Waals surface area contributed by atoms with Gasteiger partial charge in [-0.25, -0.2) is 9.78 Å². The summed E-state index contributed by atoms with van der Waals surface area (Å²) in [7, 11) is 0. The van der Waals surface area contributed by atoms with Crippen molar-refractivity contribution in [2.75, 3.05) is 0 Å². The molecule has 1 heterocycles. The summed E-state index contributed by atoms with van der Waals surface area (Å²) in [6.07, 6.45) is 4.42. The number of fused-ring (bicyclic) bond motifs is 1. The zero-order valence-electron chi connectivity index (χ0n) is 12.0. The molecule has 0 fully saturated rings. The number of allylic oxidation sites excluding steroid dienone is 4. The predicted molar refractivity (Wildman–Crippen MR) is 79.5 cm³/mol. The second kappa shape index (κ2) is 5.40. The van der Waals surface area contributed by atoms with E-state index in [4.69, 9.17) is 9.25 Å². The maximum absolute atomic E-state index is 12.1. The molecule has 6 nitrogen and oxygen atoms in total. The highest BCUT2D eigenvalue weighted by molar-refractivity contribution is 6.19. The van der Waals surface area contributed by atoms with Crippen LogP contribution in [0.3, 0.4) is 0 Å². The molecule has 0 saturated heterocycles. The van der Waals surface area contributed by atoms with Crippen molar-refractivity contribution in [1.82, 2.24) is 4.98 Å². The van der Waals surface area contributed by atoms with Gasteiger partial charge in [-0.15, -0.1) is 0 Å². The van der Waals surface area contributed by atoms with E-state index in [1.165, 1.54) is 12.2 Å². The van der Waals surface area contributed by atoms with Crippen molar-refractivity contribution in [3.05, 3.63) is 53.5 Å². The number of nitrogens with zero attached hydrogens (tertiary/aromatic N) is 2. The summed E-state index contributed by atoms with van der Waals surface area (Å²) in [6, 6.07) is 5.02. The fourth-order valence-electron chi connectivity index (χ4n) is 2.05. The second-order valence-corrected chi connectivity index (χ2v) is 4.81. The number of aryl methyl sites for hydroxylation is 1. The summed E-state index contributed by atoms with van der Waals surface area (Å²) in [6.45, 7) is 3.37. The summed E-state index contributed by atoms with van der Waals surface area (Å²) < 4.78 is 5.41. The lowest BCUT2D eigenvalue weighted by molar-refractivity contribution is -0.111. The number of hydrogen-bond donors (Lipinski definition) is 0. The molecule has 3 rings (SSSR count). The summed E-state index contributed by atoms with van der Waals surface area (Å²) >= 11 is 0. The highest BCUT2D eigenvalue weighted by Crippen LogP contribution is 2.20. The third kappa shape index (κ3) is 2.58. The van der Waals surface area contributed by atoms with Gasteiger partial charge in [0.1, 0.15) is 16.8 Å². The van der Waals surface area contributed by atoms with E-state index in [1.54, 1.807) is 38.1 Å². The first kappa shape index (κ1) is 13.9. The molecule has 1 aromatic heterocycles. The minimum absolute atomic E-state index is 0.0906. The molecule has 0 radical (unpaired) electrons. The van der Waals surface area contributed by atoms with Crippen molar-refractivity contribution in [1.29, 1.82) is 0 Å². The normalized spacial score (nSPS) is 16.2. The Bertz CT molecular complexity index is 871. The summed E-state index contributed by atoms with van der Waals surface area (Å²) in [5, 5.41) is 3.75. The van der Waals surface area contributed by atoms with Crippen LogP contribution in [-0.4, -0.2) is 22.4 Å². The van der Waals surface area contributed by atoms with E-state index in [0.717, 1.165) is 0 Å². The number of ketones is 1. The van der Waals surface area contributed by atoms with Gasteiger partial charge in [-0.05, 0) is 42.9 Å². The first-order chi connectivity index (χ1) is 10.5. The van der Waals surface area contributed by atoms with E-state index < -0.39 is 5.97 Å². The summed E-state index contributed by atoms with van der Waals surface area (Å²) in [5.74, 6) is -0.272. The molecular weight excluding hydrogens is 284 g/mol. The van der Waals surface area contributed by atoms with Crippen LogP contribution in [0.5, 0.6) is 0 Å². The average Bonchev–Trinajstić information content (AvgIpc) is 2.88. The van der Waals surface area contributed by atoms with E-state index in [-0.39, 0.29) is 11.3 Å². The van der Waals surface area contributed by atoms with Crippen molar-refractivity contribution < 1.29 is 18.8 Å².